The van der Waals surface area contributed by atoms with Gasteiger partial charge >= 0.3 is 0 Å². The Morgan fingerprint density at radius 2 is 2.06 bits per heavy atom. The van der Waals surface area contributed by atoms with E-state index in [9.17, 15) is 0 Å². The Kier molecular flexibility index (Phi) is 2.48. The zero-order valence-corrected chi connectivity index (χ0v) is 8.81. The molecule has 0 radical (unpaired) electrons. The predicted octanol–water partition coefficient (Wildman–Crippen LogP) is 1.37. The summed E-state index contributed by atoms with van der Waals surface area (Å²) < 4.78 is 1.55. The average Bonchev–Trinajstić information content (AvgIpc) is 2.66. The van der Waals surface area contributed by atoms with E-state index in [1.165, 1.54) is 0 Å². The van der Waals surface area contributed by atoms with Gasteiger partial charge in [-0.1, -0.05) is 18.2 Å². The first-order chi connectivity index (χ1) is 7.77. The van der Waals surface area contributed by atoms with Crippen LogP contribution >= 0.6 is 0 Å². The molecule has 0 spiro atoms. The van der Waals surface area contributed by atoms with E-state index in [4.69, 9.17) is 11.0 Å². The van der Waals surface area contributed by atoms with E-state index >= 15 is 0 Å². The van der Waals surface area contributed by atoms with Crippen LogP contribution in [0.3, 0.4) is 0 Å². The number of nitriles is 1. The van der Waals surface area contributed by atoms with Crippen molar-refractivity contribution in [1.29, 1.82) is 5.26 Å². The first kappa shape index (κ1) is 10.1. The maximum atomic E-state index is 8.97. The number of nitrogens with two attached hydrogens (primary N) is 1. The molecule has 5 heteroatoms. The molecule has 1 aromatic heterocycles. The van der Waals surface area contributed by atoms with Gasteiger partial charge in [-0.2, -0.15) is 5.26 Å². The monoisotopic (exact) mass is 213 g/mol. The lowest BCUT2D eigenvalue weighted by Gasteiger charge is -2.02. The highest BCUT2D eigenvalue weighted by atomic mass is 15.3. The summed E-state index contributed by atoms with van der Waals surface area (Å²) in [6.07, 6.45) is 0. The molecule has 1 aromatic carbocycles. The zero-order chi connectivity index (χ0) is 11.5. The molecule has 0 amide bonds. The number of benzene rings is 1. The largest absolute Gasteiger partial charge is 0.382 e. The van der Waals surface area contributed by atoms with Gasteiger partial charge in [0, 0.05) is 7.05 Å². The Morgan fingerprint density at radius 1 is 1.38 bits per heavy atom. The van der Waals surface area contributed by atoms with Gasteiger partial charge in [-0.05, 0) is 12.1 Å². The number of anilines is 2. The number of nitrogens with zero attached hydrogens (tertiary/aromatic N) is 3. The summed E-state index contributed by atoms with van der Waals surface area (Å²) in [7, 11) is 1.71. The van der Waals surface area contributed by atoms with Crippen LogP contribution in [0.4, 0.5) is 11.6 Å². The summed E-state index contributed by atoms with van der Waals surface area (Å²) >= 11 is 0. The molecule has 0 aliphatic rings. The van der Waals surface area contributed by atoms with Crippen molar-refractivity contribution in [1.82, 2.24) is 9.78 Å². The van der Waals surface area contributed by atoms with Gasteiger partial charge in [-0.3, -0.25) is 0 Å². The van der Waals surface area contributed by atoms with Crippen molar-refractivity contribution < 1.29 is 0 Å². The minimum absolute atomic E-state index is 0.345. The molecule has 80 valence electrons. The fraction of sp³-hybridized carbons (Fsp3) is 0.0909. The van der Waals surface area contributed by atoms with Gasteiger partial charge in [0.15, 0.2) is 5.82 Å². The first-order valence-corrected chi connectivity index (χ1v) is 4.79. The number of rotatable bonds is 2. The highest BCUT2D eigenvalue weighted by Gasteiger charge is 2.14. The molecule has 0 fully saturated rings. The van der Waals surface area contributed by atoms with E-state index in [1.807, 2.05) is 36.4 Å². The second kappa shape index (κ2) is 3.95. The minimum Gasteiger partial charge on any atom is -0.382 e. The van der Waals surface area contributed by atoms with Gasteiger partial charge in [0.1, 0.15) is 17.5 Å². The van der Waals surface area contributed by atoms with Gasteiger partial charge in [-0.25, -0.2) is 4.68 Å². The molecule has 1 heterocycles. The Bertz CT molecular complexity index is 535. The molecule has 2 rings (SSSR count). The Labute approximate surface area is 93.1 Å². The highest BCUT2D eigenvalue weighted by Crippen LogP contribution is 2.23. The standard InChI is InChI=1S/C11H11N5/c1-14-11-9(7-12)10(13)16(15-11)8-5-3-2-4-6-8/h2-6H,13H2,1H3,(H,14,15). The van der Waals surface area contributed by atoms with Crippen molar-refractivity contribution in [3.63, 3.8) is 0 Å². The SMILES string of the molecule is CNc1nn(-c2ccccc2)c(N)c1C#N. The number of nitrogen functional groups attached to an aromatic ring is 1. The Morgan fingerprint density at radius 3 is 2.56 bits per heavy atom. The zero-order valence-electron chi connectivity index (χ0n) is 8.81. The number of nitrogens with one attached hydrogen (secondary N) is 1. The fourth-order valence-corrected chi connectivity index (χ4v) is 1.48. The lowest BCUT2D eigenvalue weighted by molar-refractivity contribution is 0.894. The van der Waals surface area contributed by atoms with E-state index in [0.717, 1.165) is 5.69 Å². The smallest absolute Gasteiger partial charge is 0.168 e. The highest BCUT2D eigenvalue weighted by molar-refractivity contribution is 5.65. The quantitative estimate of drug-likeness (QED) is 0.789. The Balaban J connectivity index is 2.60. The molecule has 0 aliphatic carbocycles. The van der Waals surface area contributed by atoms with Crippen molar-refractivity contribution in [3.8, 4) is 11.8 Å². The number of hydrogen-bond acceptors (Lipinski definition) is 4. The summed E-state index contributed by atoms with van der Waals surface area (Å²) in [5.41, 5.74) is 7.06. The predicted molar refractivity (Wildman–Crippen MR) is 62.2 cm³/mol. The molecule has 2 aromatic rings. The fourth-order valence-electron chi connectivity index (χ4n) is 1.48. The molecule has 0 bridgehead atoms. The summed E-state index contributed by atoms with van der Waals surface area (Å²) in [6, 6.07) is 11.5. The summed E-state index contributed by atoms with van der Waals surface area (Å²) in [5.74, 6) is 0.835. The molecular weight excluding hydrogens is 202 g/mol. The van der Waals surface area contributed by atoms with Gasteiger partial charge in [0.25, 0.3) is 0 Å². The number of hydrogen-bond donors (Lipinski definition) is 2. The van der Waals surface area contributed by atoms with Crippen molar-refractivity contribution >= 4 is 11.6 Å². The van der Waals surface area contributed by atoms with Gasteiger partial charge in [-0.15, -0.1) is 5.10 Å². The maximum absolute atomic E-state index is 8.97. The second-order valence-corrected chi connectivity index (χ2v) is 3.22. The molecule has 3 N–H and O–H groups in total. The van der Waals surface area contributed by atoms with Crippen LogP contribution in [0.1, 0.15) is 5.56 Å². The molecular formula is C11H11N5. The molecule has 0 aliphatic heterocycles. The van der Waals surface area contributed by atoms with E-state index < -0.39 is 0 Å². The van der Waals surface area contributed by atoms with E-state index in [0.29, 0.717) is 17.2 Å². The second-order valence-electron chi connectivity index (χ2n) is 3.22. The van der Waals surface area contributed by atoms with Crippen LogP contribution in [0.25, 0.3) is 5.69 Å². The third-order valence-electron chi connectivity index (χ3n) is 2.27. The van der Waals surface area contributed by atoms with Crippen LogP contribution in [-0.4, -0.2) is 16.8 Å². The normalized spacial score (nSPS) is 9.75. The maximum Gasteiger partial charge on any atom is 0.168 e. The van der Waals surface area contributed by atoms with Crippen molar-refractivity contribution in [2.45, 2.75) is 0 Å². The first-order valence-electron chi connectivity index (χ1n) is 4.79. The van der Waals surface area contributed by atoms with E-state index in [1.54, 1.807) is 11.7 Å². The van der Waals surface area contributed by atoms with Crippen LogP contribution in [-0.2, 0) is 0 Å². The molecule has 0 unspecified atom stereocenters. The third-order valence-corrected chi connectivity index (χ3v) is 2.27. The minimum atomic E-state index is 0.345. The van der Waals surface area contributed by atoms with E-state index in [-0.39, 0.29) is 0 Å². The summed E-state index contributed by atoms with van der Waals surface area (Å²) in [5, 5.41) is 16.0. The average molecular weight is 213 g/mol. The van der Waals surface area contributed by atoms with Crippen molar-refractivity contribution in [2.75, 3.05) is 18.1 Å². The molecule has 0 atom stereocenters. The Hall–Kier alpha value is -2.48. The van der Waals surface area contributed by atoms with E-state index in [2.05, 4.69) is 10.4 Å². The molecule has 16 heavy (non-hydrogen) atoms. The van der Waals surface area contributed by atoms with Crippen LogP contribution in [0.15, 0.2) is 30.3 Å². The molecule has 5 nitrogen and oxygen atoms in total. The van der Waals surface area contributed by atoms with Crippen LogP contribution in [0.2, 0.25) is 0 Å². The number of para-hydroxylation sites is 1. The van der Waals surface area contributed by atoms with Crippen LogP contribution in [0, 0.1) is 11.3 Å². The summed E-state index contributed by atoms with van der Waals surface area (Å²) in [4.78, 5) is 0. The van der Waals surface area contributed by atoms with Crippen molar-refractivity contribution in [3.05, 3.63) is 35.9 Å². The van der Waals surface area contributed by atoms with Gasteiger partial charge < -0.3 is 11.1 Å². The van der Waals surface area contributed by atoms with Gasteiger partial charge in [0.2, 0.25) is 0 Å². The third kappa shape index (κ3) is 1.46. The number of aromatic nitrogens is 2. The van der Waals surface area contributed by atoms with Crippen LogP contribution in [0.5, 0.6) is 0 Å². The van der Waals surface area contributed by atoms with Gasteiger partial charge in [0.05, 0.1) is 5.69 Å². The topological polar surface area (TPSA) is 79.7 Å². The molecule has 0 saturated heterocycles. The van der Waals surface area contributed by atoms with Crippen molar-refractivity contribution in [2.24, 2.45) is 0 Å². The van der Waals surface area contributed by atoms with Crippen LogP contribution < -0.4 is 11.1 Å². The summed E-state index contributed by atoms with van der Waals surface area (Å²) in [6.45, 7) is 0. The lowest BCUT2D eigenvalue weighted by atomic mass is 10.3. The lowest BCUT2D eigenvalue weighted by Crippen LogP contribution is -2.02. The molecule has 0 saturated carbocycles.